The number of hydrogen-bond acceptors (Lipinski definition) is 4. The van der Waals surface area contributed by atoms with E-state index < -0.39 is 11.7 Å². The standard InChI is InChI=1S/C14H13ClFN5O2/c1-7-17-14(20-19-7)18-13(23)8-4-12(22)21(6-8)9-2-3-10(15)11(16)5-9/h2-3,5,8H,4,6H2,1H3,(H2,17,18,19,20,23)/t8-/m0/s1. The van der Waals surface area contributed by atoms with Gasteiger partial charge in [-0.05, 0) is 25.1 Å². The minimum atomic E-state index is -0.610. The maximum atomic E-state index is 13.5. The zero-order valence-electron chi connectivity index (χ0n) is 12.1. The summed E-state index contributed by atoms with van der Waals surface area (Å²) in [6, 6.07) is 4.10. The Morgan fingerprint density at radius 3 is 2.96 bits per heavy atom. The molecular weight excluding hydrogens is 325 g/mol. The molecule has 0 unspecified atom stereocenters. The van der Waals surface area contributed by atoms with Crippen LogP contribution in [0, 0.1) is 18.7 Å². The molecule has 1 aromatic heterocycles. The van der Waals surface area contributed by atoms with Crippen LogP contribution >= 0.6 is 11.6 Å². The lowest BCUT2D eigenvalue weighted by Crippen LogP contribution is -2.28. The Morgan fingerprint density at radius 1 is 1.52 bits per heavy atom. The van der Waals surface area contributed by atoms with E-state index in [-0.39, 0.29) is 35.8 Å². The fraction of sp³-hybridized carbons (Fsp3) is 0.286. The molecule has 1 aliphatic heterocycles. The number of benzene rings is 1. The first-order valence-corrected chi connectivity index (χ1v) is 7.27. The van der Waals surface area contributed by atoms with Crippen LogP contribution in [0.5, 0.6) is 0 Å². The Kier molecular flexibility index (Phi) is 3.99. The summed E-state index contributed by atoms with van der Waals surface area (Å²) in [4.78, 5) is 29.6. The van der Waals surface area contributed by atoms with E-state index in [2.05, 4.69) is 20.5 Å². The van der Waals surface area contributed by atoms with Crippen molar-refractivity contribution >= 4 is 35.1 Å². The molecule has 120 valence electrons. The third kappa shape index (κ3) is 3.16. The number of halogens is 2. The second kappa shape index (κ2) is 5.96. The normalized spacial score (nSPS) is 17.6. The molecule has 0 aliphatic carbocycles. The molecule has 1 atom stereocenters. The topological polar surface area (TPSA) is 91.0 Å². The van der Waals surface area contributed by atoms with E-state index in [1.54, 1.807) is 13.0 Å². The van der Waals surface area contributed by atoms with Gasteiger partial charge in [0.15, 0.2) is 0 Å². The third-order valence-electron chi connectivity index (χ3n) is 3.54. The van der Waals surface area contributed by atoms with Crippen LogP contribution < -0.4 is 10.2 Å². The SMILES string of the molecule is Cc1nc(NC(=O)[C@H]2CC(=O)N(c3ccc(Cl)c(F)c3)C2)n[nH]1. The number of amides is 2. The predicted octanol–water partition coefficient (Wildman–Crippen LogP) is 1.90. The number of carbonyl (C=O) groups is 2. The van der Waals surface area contributed by atoms with Crippen LogP contribution in [0.1, 0.15) is 12.2 Å². The molecule has 9 heteroatoms. The van der Waals surface area contributed by atoms with Gasteiger partial charge >= 0.3 is 0 Å². The summed E-state index contributed by atoms with van der Waals surface area (Å²) >= 11 is 5.64. The fourth-order valence-electron chi connectivity index (χ4n) is 2.40. The Labute approximate surface area is 135 Å². The van der Waals surface area contributed by atoms with Gasteiger partial charge in [-0.1, -0.05) is 11.6 Å². The lowest BCUT2D eigenvalue weighted by Gasteiger charge is -2.16. The van der Waals surface area contributed by atoms with Gasteiger partial charge in [-0.2, -0.15) is 4.98 Å². The molecule has 2 amide bonds. The van der Waals surface area contributed by atoms with Gasteiger partial charge in [-0.25, -0.2) is 4.39 Å². The zero-order valence-corrected chi connectivity index (χ0v) is 12.9. The van der Waals surface area contributed by atoms with Gasteiger partial charge in [0.05, 0.1) is 10.9 Å². The van der Waals surface area contributed by atoms with Gasteiger partial charge in [-0.15, -0.1) is 5.10 Å². The van der Waals surface area contributed by atoms with Gasteiger partial charge in [0.1, 0.15) is 11.6 Å². The first-order chi connectivity index (χ1) is 10.9. The number of nitrogens with zero attached hydrogens (tertiary/aromatic N) is 3. The highest BCUT2D eigenvalue weighted by Crippen LogP contribution is 2.28. The quantitative estimate of drug-likeness (QED) is 0.895. The van der Waals surface area contributed by atoms with Crippen molar-refractivity contribution in [2.45, 2.75) is 13.3 Å². The third-order valence-corrected chi connectivity index (χ3v) is 3.85. The van der Waals surface area contributed by atoms with Gasteiger partial charge in [0.25, 0.3) is 0 Å². The van der Waals surface area contributed by atoms with Crippen molar-refractivity contribution in [2.75, 3.05) is 16.8 Å². The predicted molar refractivity (Wildman–Crippen MR) is 81.6 cm³/mol. The first kappa shape index (κ1) is 15.4. The van der Waals surface area contributed by atoms with Crippen molar-refractivity contribution in [3.05, 3.63) is 34.9 Å². The van der Waals surface area contributed by atoms with E-state index in [0.717, 1.165) is 0 Å². The summed E-state index contributed by atoms with van der Waals surface area (Å²) < 4.78 is 13.5. The fourth-order valence-corrected chi connectivity index (χ4v) is 2.51. The number of aryl methyl sites for hydroxylation is 1. The van der Waals surface area contributed by atoms with Crippen molar-refractivity contribution < 1.29 is 14.0 Å². The highest BCUT2D eigenvalue weighted by molar-refractivity contribution is 6.30. The lowest BCUT2D eigenvalue weighted by molar-refractivity contribution is -0.122. The molecule has 2 heterocycles. The molecular formula is C14H13ClFN5O2. The molecule has 2 N–H and O–H groups in total. The summed E-state index contributed by atoms with van der Waals surface area (Å²) in [6.07, 6.45) is 0.0412. The molecule has 23 heavy (non-hydrogen) atoms. The largest absolute Gasteiger partial charge is 0.311 e. The number of anilines is 2. The molecule has 1 fully saturated rings. The van der Waals surface area contributed by atoms with Crippen LogP contribution in [0.4, 0.5) is 16.0 Å². The number of aromatic nitrogens is 3. The van der Waals surface area contributed by atoms with Gasteiger partial charge in [0, 0.05) is 18.7 Å². The molecule has 0 bridgehead atoms. The number of aromatic amines is 1. The molecule has 1 aliphatic rings. The van der Waals surface area contributed by atoms with Crippen LogP contribution in [0.25, 0.3) is 0 Å². The van der Waals surface area contributed by atoms with E-state index in [1.807, 2.05) is 0 Å². The number of hydrogen-bond donors (Lipinski definition) is 2. The smallest absolute Gasteiger partial charge is 0.248 e. The van der Waals surface area contributed by atoms with Gasteiger partial charge < -0.3 is 4.90 Å². The maximum Gasteiger partial charge on any atom is 0.248 e. The van der Waals surface area contributed by atoms with Crippen molar-refractivity contribution in [1.82, 2.24) is 15.2 Å². The molecule has 3 rings (SSSR count). The summed E-state index contributed by atoms with van der Waals surface area (Å²) in [5.74, 6) is -1.04. The van der Waals surface area contributed by atoms with Crippen LogP contribution in [0.2, 0.25) is 5.02 Å². The Morgan fingerprint density at radius 2 is 2.30 bits per heavy atom. The molecule has 1 aromatic carbocycles. The molecule has 0 spiro atoms. The van der Waals surface area contributed by atoms with Crippen molar-refractivity contribution in [3.8, 4) is 0 Å². The van der Waals surface area contributed by atoms with Gasteiger partial charge in [-0.3, -0.25) is 20.0 Å². The summed E-state index contributed by atoms with van der Waals surface area (Å²) in [5.41, 5.74) is 0.376. The van der Waals surface area contributed by atoms with Gasteiger partial charge in [0.2, 0.25) is 17.8 Å². The average molecular weight is 338 g/mol. The number of rotatable bonds is 3. The Hall–Kier alpha value is -2.48. The molecule has 7 nitrogen and oxygen atoms in total. The second-order valence-corrected chi connectivity index (χ2v) is 5.64. The average Bonchev–Trinajstić information content (AvgIpc) is 3.08. The zero-order chi connectivity index (χ0) is 16.6. The molecule has 2 aromatic rings. The highest BCUT2D eigenvalue weighted by Gasteiger charge is 2.35. The van der Waals surface area contributed by atoms with Crippen LogP contribution in [0.3, 0.4) is 0 Å². The minimum Gasteiger partial charge on any atom is -0.311 e. The number of H-pyrrole nitrogens is 1. The minimum absolute atomic E-state index is 0.0188. The summed E-state index contributed by atoms with van der Waals surface area (Å²) in [5, 5.41) is 8.96. The maximum absolute atomic E-state index is 13.5. The first-order valence-electron chi connectivity index (χ1n) is 6.89. The number of carbonyl (C=O) groups excluding carboxylic acids is 2. The Balaban J connectivity index is 1.71. The summed E-state index contributed by atoms with van der Waals surface area (Å²) in [6.45, 7) is 1.87. The van der Waals surface area contributed by atoms with Crippen LogP contribution in [0.15, 0.2) is 18.2 Å². The van der Waals surface area contributed by atoms with Crippen molar-refractivity contribution in [2.24, 2.45) is 5.92 Å². The lowest BCUT2D eigenvalue weighted by atomic mass is 10.1. The van der Waals surface area contributed by atoms with Crippen molar-refractivity contribution in [3.63, 3.8) is 0 Å². The van der Waals surface area contributed by atoms with Crippen LogP contribution in [-0.2, 0) is 9.59 Å². The van der Waals surface area contributed by atoms with E-state index in [9.17, 15) is 14.0 Å². The monoisotopic (exact) mass is 337 g/mol. The molecule has 0 radical (unpaired) electrons. The molecule has 0 saturated carbocycles. The van der Waals surface area contributed by atoms with Crippen LogP contribution in [-0.4, -0.2) is 33.5 Å². The summed E-state index contributed by atoms with van der Waals surface area (Å²) in [7, 11) is 0. The van der Waals surface area contributed by atoms with E-state index in [1.165, 1.54) is 17.0 Å². The van der Waals surface area contributed by atoms with E-state index in [4.69, 9.17) is 11.6 Å². The highest BCUT2D eigenvalue weighted by atomic mass is 35.5. The Bertz CT molecular complexity index is 778. The second-order valence-electron chi connectivity index (χ2n) is 5.24. The number of nitrogens with one attached hydrogen (secondary N) is 2. The van der Waals surface area contributed by atoms with Crippen molar-refractivity contribution in [1.29, 1.82) is 0 Å². The molecule has 1 saturated heterocycles. The van der Waals surface area contributed by atoms with E-state index >= 15 is 0 Å². The van der Waals surface area contributed by atoms with E-state index in [0.29, 0.717) is 11.5 Å².